The molecule has 4 saturated heterocycles. The van der Waals surface area contributed by atoms with Crippen molar-refractivity contribution in [2.24, 2.45) is 0 Å². The Kier molecular flexibility index (Phi) is 13.4. The van der Waals surface area contributed by atoms with Crippen LogP contribution < -0.4 is 0 Å². The first-order valence-electron chi connectivity index (χ1n) is 14.1. The van der Waals surface area contributed by atoms with Crippen molar-refractivity contribution in [3.05, 3.63) is 88.7 Å². The zero-order valence-electron chi connectivity index (χ0n) is 26.2. The molecule has 24 heteroatoms. The molecule has 0 amide bonds. The van der Waals surface area contributed by atoms with E-state index in [1.807, 2.05) is 22.8 Å². The fraction of sp³-hybridized carbons (Fsp3) is 0.385. The lowest BCUT2D eigenvalue weighted by Gasteiger charge is -2.21. The lowest BCUT2D eigenvalue weighted by Crippen LogP contribution is -2.58. The number of hydrogen-bond donors (Lipinski definition) is 0. The molecule has 16 nitrogen and oxygen atoms in total. The molecule has 0 N–H and O–H groups in total. The smallest absolute Gasteiger partial charge is 0.345 e. The van der Waals surface area contributed by atoms with Crippen molar-refractivity contribution >= 4 is 64.9 Å². The van der Waals surface area contributed by atoms with E-state index in [0.29, 0.717) is 58.9 Å². The predicted octanol–water partition coefficient (Wildman–Crippen LogP) is 4.66. The van der Waals surface area contributed by atoms with Crippen LogP contribution in [-0.2, 0) is 0 Å². The predicted molar refractivity (Wildman–Crippen MR) is 192 cm³/mol. The summed E-state index contributed by atoms with van der Waals surface area (Å²) in [4.78, 5) is 0. The molecule has 4 fully saturated rings. The van der Waals surface area contributed by atoms with E-state index >= 15 is 0 Å². The molecule has 236 valence electrons. The third-order valence-corrected chi connectivity index (χ3v) is 47.4. The fourth-order valence-electron chi connectivity index (χ4n) is 5.26. The second-order valence-electron chi connectivity index (χ2n) is 11.9. The molecule has 0 saturated carbocycles. The van der Waals surface area contributed by atoms with Crippen LogP contribution in [0.2, 0.25) is 58.9 Å². The summed E-state index contributed by atoms with van der Waals surface area (Å²) in [6.45, 7) is 55.0. The molecular weight excluding hydrogens is 761 g/mol. The van der Waals surface area contributed by atoms with E-state index in [-0.39, 0.29) is 0 Å². The molecular formula is C26H20N16Si8. The van der Waals surface area contributed by atoms with Crippen LogP contribution >= 0.6 is 0 Å². The average Bonchev–Trinajstić information content (AvgIpc) is 3.69. The Labute approximate surface area is 298 Å². The van der Waals surface area contributed by atoms with Crippen molar-refractivity contribution in [3.63, 3.8) is 0 Å². The SMILES string of the molecule is [C-]#[N+][Si]1([N+]#[C-])CC[Si](C#N)(C#N)C1.[C-]#[N+][Si]1([N+]#[C-])CC[Si](C#N)(C#N)CC1.[C-]#[N+][Si]1([N+]#[C-])C[Si](C#N)(C#N)C1.[C-]#[N+][Si]1([N+]#[C-])C[Si]1(C#N)C#N. The van der Waals surface area contributed by atoms with Gasteiger partial charge in [0.25, 0.3) is 16.1 Å². The van der Waals surface area contributed by atoms with Crippen LogP contribution in [0.1, 0.15) is 0 Å². The molecule has 4 heterocycles. The minimum atomic E-state index is -2.68. The Bertz CT molecular complexity index is 1860. The van der Waals surface area contributed by atoms with Crippen molar-refractivity contribution in [2.75, 3.05) is 0 Å². The quantitative estimate of drug-likeness (QED) is 0.248. The highest BCUT2D eigenvalue weighted by Gasteiger charge is 3.01. The van der Waals surface area contributed by atoms with Gasteiger partial charge in [-0.3, -0.25) is 52.6 Å². The van der Waals surface area contributed by atoms with E-state index in [4.69, 9.17) is 94.7 Å². The topological polar surface area (TPSA) is 225 Å². The van der Waals surface area contributed by atoms with Crippen LogP contribution in [0.4, 0.5) is 0 Å². The monoisotopic (exact) mass is 780 g/mol. The van der Waals surface area contributed by atoms with E-state index in [9.17, 15) is 0 Å². The summed E-state index contributed by atoms with van der Waals surface area (Å²) in [6, 6.07) is 3.22. The van der Waals surface area contributed by atoms with Gasteiger partial charge in [-0.25, -0.2) is 42.1 Å². The summed E-state index contributed by atoms with van der Waals surface area (Å²) < 4.78 is 26.7. The van der Waals surface area contributed by atoms with E-state index in [1.165, 1.54) is 0 Å². The minimum absolute atomic E-state index is 0.347. The van der Waals surface area contributed by atoms with Gasteiger partial charge < -0.3 is 36.1 Å². The molecule has 0 radical (unpaired) electrons. The molecule has 0 atom stereocenters. The summed E-state index contributed by atoms with van der Waals surface area (Å²) in [6.07, 6.45) is 0. The van der Waals surface area contributed by atoms with Crippen molar-refractivity contribution in [1.29, 1.82) is 42.1 Å². The molecule has 4 aliphatic heterocycles. The Morgan fingerprint density at radius 3 is 0.860 bits per heavy atom. The van der Waals surface area contributed by atoms with Crippen LogP contribution in [0.25, 0.3) is 36.1 Å². The normalized spacial score (nSPS) is 21.8. The largest absolute Gasteiger partial charge is 0.842 e. The van der Waals surface area contributed by atoms with Crippen molar-refractivity contribution in [3.8, 4) is 45.5 Å². The summed E-state index contributed by atoms with van der Waals surface area (Å²) in [7, 11) is -20.1. The van der Waals surface area contributed by atoms with Crippen molar-refractivity contribution in [1.82, 2.24) is 0 Å². The van der Waals surface area contributed by atoms with E-state index in [2.05, 4.69) is 58.9 Å². The van der Waals surface area contributed by atoms with Gasteiger partial charge in [0.2, 0.25) is 0 Å². The third kappa shape index (κ3) is 7.82. The van der Waals surface area contributed by atoms with E-state index in [1.54, 1.807) is 0 Å². The summed E-state index contributed by atoms with van der Waals surface area (Å²) in [5.74, 6) is 0. The number of nitriles is 8. The Balaban J connectivity index is 0.000000335. The van der Waals surface area contributed by atoms with Gasteiger partial charge in [-0.05, 0) is 18.1 Å². The van der Waals surface area contributed by atoms with Gasteiger partial charge in [0.15, 0.2) is 0 Å². The molecule has 0 aromatic rings. The van der Waals surface area contributed by atoms with Gasteiger partial charge in [0.1, 0.15) is 22.7 Å². The lowest BCUT2D eigenvalue weighted by atomic mass is 10.9. The van der Waals surface area contributed by atoms with E-state index in [0.717, 1.165) is 0 Å². The highest BCUT2D eigenvalue weighted by Crippen LogP contribution is 2.45. The van der Waals surface area contributed by atoms with Crippen LogP contribution in [0.5, 0.6) is 0 Å². The molecule has 0 aliphatic carbocycles. The first-order valence-corrected chi connectivity index (χ1v) is 33.5. The van der Waals surface area contributed by atoms with Crippen LogP contribution in [-0.4, -0.2) is 64.9 Å². The molecule has 0 aromatic heterocycles. The molecule has 0 bridgehead atoms. The number of hydrogen-bond acceptors (Lipinski definition) is 8. The molecule has 4 rings (SSSR count). The second-order valence-corrected chi connectivity index (χ2v) is 44.9. The Morgan fingerprint density at radius 2 is 0.640 bits per heavy atom. The molecule has 0 spiro atoms. The van der Waals surface area contributed by atoms with Gasteiger partial charge in [-0.1, -0.05) is 0 Å². The van der Waals surface area contributed by atoms with Gasteiger partial charge in [-0.2, -0.15) is 0 Å². The Morgan fingerprint density at radius 1 is 0.320 bits per heavy atom. The molecule has 0 aromatic carbocycles. The molecule has 50 heavy (non-hydrogen) atoms. The van der Waals surface area contributed by atoms with Gasteiger partial charge >= 0.3 is 48.8 Å². The Hall–Kier alpha value is -6.42. The van der Waals surface area contributed by atoms with Crippen LogP contribution in [0.3, 0.4) is 0 Å². The van der Waals surface area contributed by atoms with Gasteiger partial charge in [0, 0.05) is 34.2 Å². The lowest BCUT2D eigenvalue weighted by molar-refractivity contribution is 1.15. The summed E-state index contributed by atoms with van der Waals surface area (Å²) in [5.41, 5.74) is 17.7. The third-order valence-electron chi connectivity index (χ3n) is 8.97. The van der Waals surface area contributed by atoms with Crippen molar-refractivity contribution in [2.45, 2.75) is 58.9 Å². The zero-order valence-corrected chi connectivity index (χ0v) is 34.2. The highest BCUT2D eigenvalue weighted by molar-refractivity contribution is 7.66. The maximum Gasteiger partial charge on any atom is 0.842 e. The first kappa shape index (κ1) is 41.6. The second kappa shape index (κ2) is 16.1. The number of nitrogens with zero attached hydrogens (tertiary/aromatic N) is 16. The van der Waals surface area contributed by atoms with Gasteiger partial charge in [-0.15, -0.1) is 0 Å². The maximum atomic E-state index is 8.91. The highest BCUT2D eigenvalue weighted by atomic mass is 29.3. The van der Waals surface area contributed by atoms with Crippen LogP contribution in [0, 0.1) is 140 Å². The van der Waals surface area contributed by atoms with Crippen molar-refractivity contribution < 1.29 is 0 Å². The average molecular weight is 781 g/mol. The summed E-state index contributed by atoms with van der Waals surface area (Å²) >= 11 is 0. The van der Waals surface area contributed by atoms with Crippen LogP contribution in [0.15, 0.2) is 0 Å². The number of rotatable bonds is 0. The minimum Gasteiger partial charge on any atom is -0.345 e. The molecule has 0 unspecified atom stereocenters. The zero-order chi connectivity index (χ0) is 38.4. The first-order chi connectivity index (χ1) is 23.7. The molecule has 4 aliphatic rings. The standard InChI is InChI=1S/C8H8N4Si2.C7H6N4Si2.C6H4N4Si2.C5H2N4Si2/c1-11-14(12-2)5-3-13(7-9,8-10)4-6-14;1-10-13(11-2)4-3-12(5-8,6-9)7-13;1-9-12(10-2)5-11(3-7,4-8)6-12;1-8-11(9-2)5-10(11,3-6)4-7/h3-6H2;3-4,7H2;5-6H2;5H2. The fourth-order valence-corrected chi connectivity index (χ4v) is 43.7. The van der Waals surface area contributed by atoms with Gasteiger partial charge in [0.05, 0.1) is 29.5 Å². The maximum absolute atomic E-state index is 8.91. The van der Waals surface area contributed by atoms with E-state index < -0.39 is 64.9 Å². The summed E-state index contributed by atoms with van der Waals surface area (Å²) in [5, 5.41) is 70.0.